The molecule has 15 heavy (non-hydrogen) atoms. The molecule has 0 N–H and O–H groups in total. The molecule has 2 nitrogen and oxygen atoms in total. The van der Waals surface area contributed by atoms with Gasteiger partial charge in [0, 0.05) is 12.1 Å². The first-order valence-electron chi connectivity index (χ1n) is 6.33. The van der Waals surface area contributed by atoms with E-state index in [0.717, 1.165) is 12.8 Å². The van der Waals surface area contributed by atoms with Gasteiger partial charge in [0.2, 0.25) is 0 Å². The number of unbranched alkanes of at least 4 members (excludes halogenated alkanes) is 2. The zero-order chi connectivity index (χ0) is 11.7. The highest BCUT2D eigenvalue weighted by Crippen LogP contribution is 2.14. The Morgan fingerprint density at radius 2 is 1.40 bits per heavy atom. The van der Waals surface area contributed by atoms with Crippen LogP contribution in [-0.2, 0) is 4.79 Å². The Balaban J connectivity index is 4.02. The molecule has 0 saturated carbocycles. The van der Waals surface area contributed by atoms with E-state index in [1.54, 1.807) is 0 Å². The molecule has 2 unspecified atom stereocenters. The van der Waals surface area contributed by atoms with Gasteiger partial charge in [0.15, 0.2) is 0 Å². The molecule has 0 heterocycles. The van der Waals surface area contributed by atoms with Crippen molar-refractivity contribution in [1.29, 1.82) is 0 Å². The van der Waals surface area contributed by atoms with Gasteiger partial charge in [-0.1, -0.05) is 39.5 Å². The molecule has 0 aliphatic carbocycles. The van der Waals surface area contributed by atoms with Crippen LogP contribution in [-0.4, -0.2) is 23.4 Å². The summed E-state index contributed by atoms with van der Waals surface area (Å²) >= 11 is 0. The Labute approximate surface area is 95.0 Å². The van der Waals surface area contributed by atoms with Crippen LogP contribution in [0, 0.1) is 0 Å². The van der Waals surface area contributed by atoms with E-state index in [1.807, 2.05) is 4.90 Å². The largest absolute Gasteiger partial charge is 0.329 e. The fraction of sp³-hybridized carbons (Fsp3) is 0.923. The lowest BCUT2D eigenvalue weighted by atomic mass is 10.1. The van der Waals surface area contributed by atoms with E-state index in [-0.39, 0.29) is 0 Å². The van der Waals surface area contributed by atoms with E-state index in [9.17, 15) is 4.79 Å². The van der Waals surface area contributed by atoms with Gasteiger partial charge in [-0.3, -0.25) is 4.79 Å². The molecule has 2 heteroatoms. The predicted molar refractivity (Wildman–Crippen MR) is 65.5 cm³/mol. The fourth-order valence-electron chi connectivity index (χ4n) is 1.89. The number of rotatable bonds is 9. The van der Waals surface area contributed by atoms with Crippen molar-refractivity contribution in [3.05, 3.63) is 0 Å². The van der Waals surface area contributed by atoms with Crippen LogP contribution in [0.5, 0.6) is 0 Å². The normalized spacial score (nSPS) is 14.7. The first-order valence-corrected chi connectivity index (χ1v) is 6.33. The maximum atomic E-state index is 10.9. The van der Waals surface area contributed by atoms with Gasteiger partial charge in [-0.15, -0.1) is 0 Å². The Kier molecular flexibility index (Phi) is 8.44. The van der Waals surface area contributed by atoms with Gasteiger partial charge in [-0.2, -0.15) is 0 Å². The summed E-state index contributed by atoms with van der Waals surface area (Å²) in [6, 6.07) is 0.684. The van der Waals surface area contributed by atoms with Crippen molar-refractivity contribution in [1.82, 2.24) is 4.90 Å². The van der Waals surface area contributed by atoms with E-state index >= 15 is 0 Å². The molecule has 0 fully saturated rings. The molecule has 0 saturated heterocycles. The molecule has 0 aromatic carbocycles. The van der Waals surface area contributed by atoms with Crippen molar-refractivity contribution in [2.45, 2.75) is 78.3 Å². The molecule has 0 aromatic rings. The number of nitrogens with zero attached hydrogens (tertiary/aromatic N) is 1. The maximum Gasteiger partial charge on any atom is 0.312 e. The highest BCUT2D eigenvalue weighted by atomic mass is 16.1. The van der Waals surface area contributed by atoms with Crippen LogP contribution < -0.4 is 0 Å². The number of amides is 1. The molecule has 0 bridgehead atoms. The number of carbonyl (C=O) groups excluding carboxylic acids is 1. The van der Waals surface area contributed by atoms with Crippen LogP contribution in [0.15, 0.2) is 0 Å². The lowest BCUT2D eigenvalue weighted by Crippen LogP contribution is -2.39. The smallest absolute Gasteiger partial charge is 0.312 e. The highest BCUT2D eigenvalue weighted by molar-refractivity contribution is 5.49. The summed E-state index contributed by atoms with van der Waals surface area (Å²) in [5.74, 6) is 0. The van der Waals surface area contributed by atoms with Crippen molar-refractivity contribution in [3.63, 3.8) is 0 Å². The Hall–Kier alpha value is -0.530. The maximum absolute atomic E-state index is 10.9. The number of hydrogen-bond acceptors (Lipinski definition) is 1. The third-order valence-electron chi connectivity index (χ3n) is 3.01. The fourth-order valence-corrected chi connectivity index (χ4v) is 1.89. The monoisotopic (exact) mass is 212 g/mol. The molecule has 89 valence electrons. The Morgan fingerprint density at radius 1 is 1.00 bits per heavy atom. The van der Waals surface area contributed by atoms with E-state index in [0.29, 0.717) is 12.1 Å². The van der Waals surface area contributed by atoms with Crippen molar-refractivity contribution >= 4 is 6.41 Å². The summed E-state index contributed by atoms with van der Waals surface area (Å²) in [5.41, 5.74) is 0. The first-order chi connectivity index (χ1) is 7.17. The molecule has 0 aliphatic rings. The molecule has 0 aromatic heterocycles. The van der Waals surface area contributed by atoms with Crippen LogP contribution in [0.1, 0.15) is 66.2 Å². The summed E-state index contributed by atoms with van der Waals surface area (Å²) < 4.78 is 0. The van der Waals surface area contributed by atoms with Crippen LogP contribution in [0.2, 0.25) is 0 Å². The molecule has 2 atom stereocenters. The van der Waals surface area contributed by atoms with Gasteiger partial charge >= 0.3 is 6.41 Å². The average Bonchev–Trinajstić information content (AvgIpc) is 2.24. The van der Waals surface area contributed by atoms with Crippen LogP contribution >= 0.6 is 0 Å². The van der Waals surface area contributed by atoms with Crippen LogP contribution in [0.4, 0.5) is 0 Å². The Bertz CT molecular complexity index is 145. The summed E-state index contributed by atoms with van der Waals surface area (Å²) in [5, 5.41) is 0. The average molecular weight is 212 g/mol. The number of hydrogen-bond donors (Lipinski definition) is 0. The second-order valence-electron chi connectivity index (χ2n) is 4.48. The lowest BCUT2D eigenvalue weighted by Gasteiger charge is -2.30. The van der Waals surface area contributed by atoms with Gasteiger partial charge in [-0.25, -0.2) is 0 Å². The van der Waals surface area contributed by atoms with E-state index in [1.165, 1.54) is 25.7 Å². The van der Waals surface area contributed by atoms with Gasteiger partial charge in [0.1, 0.15) is 0 Å². The van der Waals surface area contributed by atoms with Crippen molar-refractivity contribution in [3.8, 4) is 0 Å². The minimum Gasteiger partial charge on any atom is -0.329 e. The van der Waals surface area contributed by atoms with E-state index in [2.05, 4.69) is 34.1 Å². The standard InChI is InChI=1S/C13H26NO/c1-5-7-9-12(3)14(11-15)13(4)10-8-6-2/h12-13H,5-10H2,1-4H3. The molecule has 1 amide bonds. The van der Waals surface area contributed by atoms with Gasteiger partial charge in [0.05, 0.1) is 0 Å². The third-order valence-corrected chi connectivity index (χ3v) is 3.01. The SMILES string of the molecule is CCCCC(C)N([C]=O)C(C)CCCC. The van der Waals surface area contributed by atoms with Crippen LogP contribution in [0.3, 0.4) is 0 Å². The molecular weight excluding hydrogens is 186 g/mol. The molecule has 0 spiro atoms. The predicted octanol–water partition coefficient (Wildman–Crippen LogP) is 3.51. The summed E-state index contributed by atoms with van der Waals surface area (Å²) in [4.78, 5) is 12.8. The minimum atomic E-state index is 0.342. The van der Waals surface area contributed by atoms with Crippen molar-refractivity contribution in [2.75, 3.05) is 0 Å². The van der Waals surface area contributed by atoms with Gasteiger partial charge in [-0.05, 0) is 26.7 Å². The molecular formula is C13H26NO. The van der Waals surface area contributed by atoms with E-state index in [4.69, 9.17) is 0 Å². The molecule has 0 rings (SSSR count). The zero-order valence-corrected chi connectivity index (χ0v) is 10.8. The second kappa shape index (κ2) is 8.75. The first kappa shape index (κ1) is 14.5. The zero-order valence-electron chi connectivity index (χ0n) is 10.8. The third kappa shape index (κ3) is 5.81. The highest BCUT2D eigenvalue weighted by Gasteiger charge is 2.17. The Morgan fingerprint density at radius 3 is 1.67 bits per heavy atom. The van der Waals surface area contributed by atoms with Gasteiger partial charge < -0.3 is 4.90 Å². The van der Waals surface area contributed by atoms with Crippen molar-refractivity contribution < 1.29 is 4.79 Å². The van der Waals surface area contributed by atoms with Gasteiger partial charge in [0.25, 0.3) is 0 Å². The summed E-state index contributed by atoms with van der Waals surface area (Å²) in [7, 11) is 0. The van der Waals surface area contributed by atoms with Crippen molar-refractivity contribution in [2.24, 2.45) is 0 Å². The second-order valence-corrected chi connectivity index (χ2v) is 4.48. The molecule has 0 aliphatic heterocycles. The minimum absolute atomic E-state index is 0.342. The summed E-state index contributed by atoms with van der Waals surface area (Å²) in [6.45, 7) is 8.62. The lowest BCUT2D eigenvalue weighted by molar-refractivity contribution is 0.223. The van der Waals surface area contributed by atoms with Crippen LogP contribution in [0.25, 0.3) is 0 Å². The quantitative estimate of drug-likeness (QED) is 0.536. The summed E-state index contributed by atoms with van der Waals surface area (Å²) in [6.07, 6.45) is 9.08. The topological polar surface area (TPSA) is 20.3 Å². The van der Waals surface area contributed by atoms with E-state index < -0.39 is 0 Å². The molecule has 1 radical (unpaired) electrons.